The number of carbonyl (C=O) groups is 1. The van der Waals surface area contributed by atoms with Crippen LogP contribution >= 0.6 is 0 Å². The van der Waals surface area contributed by atoms with Gasteiger partial charge in [0.15, 0.2) is 0 Å². The number of carboxylic acid groups (broad SMARTS) is 1. The number of rotatable bonds is 5. The quantitative estimate of drug-likeness (QED) is 0.776. The molecule has 0 aromatic heterocycles. The molecule has 14 heavy (non-hydrogen) atoms. The zero-order chi connectivity index (χ0) is 10.4. The van der Waals surface area contributed by atoms with Crippen molar-refractivity contribution in [2.45, 2.75) is 19.3 Å². The maximum atomic E-state index is 10.9. The summed E-state index contributed by atoms with van der Waals surface area (Å²) >= 11 is 0. The minimum Gasteiger partial charge on any atom is -0.481 e. The van der Waals surface area contributed by atoms with Crippen molar-refractivity contribution in [3.8, 4) is 0 Å². The first-order valence-electron chi connectivity index (χ1n) is 4.80. The Balaban J connectivity index is 2.60. The Labute approximate surface area is 84.6 Å². The van der Waals surface area contributed by atoms with E-state index in [1.807, 2.05) is 30.3 Å². The minimum absolute atomic E-state index is 0.296. The van der Waals surface area contributed by atoms with Gasteiger partial charge in [0.25, 0.3) is 0 Å². The molecule has 0 aliphatic carbocycles. The van der Waals surface area contributed by atoms with Gasteiger partial charge < -0.3 is 5.11 Å². The fourth-order valence-electron chi connectivity index (χ4n) is 1.46. The van der Waals surface area contributed by atoms with Gasteiger partial charge in [0.1, 0.15) is 0 Å². The first-order valence-corrected chi connectivity index (χ1v) is 4.80. The van der Waals surface area contributed by atoms with Gasteiger partial charge in [-0.3, -0.25) is 4.79 Å². The minimum atomic E-state index is -0.725. The van der Waals surface area contributed by atoms with Crippen LogP contribution in [0.25, 0.3) is 0 Å². The molecule has 0 fully saturated rings. The predicted molar refractivity (Wildman–Crippen MR) is 55.9 cm³/mol. The summed E-state index contributed by atoms with van der Waals surface area (Å²) in [6.07, 6.45) is 1.92. The van der Waals surface area contributed by atoms with Crippen LogP contribution in [0.15, 0.2) is 30.3 Å². The molecule has 1 atom stereocenters. The number of carboxylic acids is 1. The van der Waals surface area contributed by atoms with Crippen molar-refractivity contribution in [2.75, 3.05) is 0 Å². The second-order valence-corrected chi connectivity index (χ2v) is 3.37. The second-order valence-electron chi connectivity index (χ2n) is 3.37. The van der Waals surface area contributed by atoms with E-state index >= 15 is 0 Å². The van der Waals surface area contributed by atoms with Gasteiger partial charge in [-0.05, 0) is 18.4 Å². The van der Waals surface area contributed by atoms with Crippen LogP contribution in [0.4, 0.5) is 0 Å². The third-order valence-electron chi connectivity index (χ3n) is 2.23. The molecule has 0 spiro atoms. The van der Waals surface area contributed by atoms with Crippen molar-refractivity contribution in [3.63, 3.8) is 0 Å². The molecular weight excluding hydrogens is 176 g/mol. The van der Waals surface area contributed by atoms with Gasteiger partial charge >= 0.3 is 5.97 Å². The molecule has 0 saturated heterocycles. The molecule has 1 radical (unpaired) electrons. The smallest absolute Gasteiger partial charge is 0.306 e. The highest BCUT2D eigenvalue weighted by molar-refractivity contribution is 5.70. The molecule has 1 unspecified atom stereocenters. The maximum absolute atomic E-state index is 10.9. The van der Waals surface area contributed by atoms with E-state index < -0.39 is 5.97 Å². The Bertz CT molecular complexity index is 280. The zero-order valence-electron chi connectivity index (χ0n) is 8.15. The van der Waals surface area contributed by atoms with Crippen LogP contribution in [0.2, 0.25) is 0 Å². The molecule has 2 nitrogen and oxygen atoms in total. The highest BCUT2D eigenvalue weighted by Gasteiger charge is 2.16. The van der Waals surface area contributed by atoms with E-state index in [0.717, 1.165) is 5.56 Å². The molecule has 0 saturated carbocycles. The fourth-order valence-corrected chi connectivity index (χ4v) is 1.46. The predicted octanol–water partition coefficient (Wildman–Crippen LogP) is 2.54. The molecular formula is C12H15O2. The third kappa shape index (κ3) is 3.21. The van der Waals surface area contributed by atoms with Gasteiger partial charge in [-0.25, -0.2) is 0 Å². The average Bonchev–Trinajstić information content (AvgIpc) is 2.18. The SMILES string of the molecule is [CH2]CCC(Cc1ccccc1)C(=O)O. The van der Waals surface area contributed by atoms with Crippen LogP contribution in [0, 0.1) is 12.8 Å². The molecule has 0 bridgehead atoms. The number of hydrogen-bond acceptors (Lipinski definition) is 1. The Morgan fingerprint density at radius 1 is 1.36 bits per heavy atom. The van der Waals surface area contributed by atoms with Crippen molar-refractivity contribution < 1.29 is 9.90 Å². The Morgan fingerprint density at radius 2 is 2.00 bits per heavy atom. The van der Waals surface area contributed by atoms with E-state index in [2.05, 4.69) is 6.92 Å². The summed E-state index contributed by atoms with van der Waals surface area (Å²) in [5.41, 5.74) is 1.08. The number of hydrogen-bond donors (Lipinski definition) is 1. The molecule has 0 amide bonds. The average molecular weight is 191 g/mol. The summed E-state index contributed by atoms with van der Waals surface area (Å²) in [7, 11) is 0. The van der Waals surface area contributed by atoms with Crippen LogP contribution in [0.3, 0.4) is 0 Å². The van der Waals surface area contributed by atoms with Crippen LogP contribution in [-0.2, 0) is 11.2 Å². The summed E-state index contributed by atoms with van der Waals surface area (Å²) in [6.45, 7) is 3.69. The van der Waals surface area contributed by atoms with Crippen molar-refractivity contribution in [3.05, 3.63) is 42.8 Å². The Kier molecular flexibility index (Phi) is 4.17. The fraction of sp³-hybridized carbons (Fsp3) is 0.333. The summed E-state index contributed by atoms with van der Waals surface area (Å²) < 4.78 is 0. The largest absolute Gasteiger partial charge is 0.481 e. The Morgan fingerprint density at radius 3 is 2.50 bits per heavy atom. The van der Waals surface area contributed by atoms with Crippen molar-refractivity contribution in [2.24, 2.45) is 5.92 Å². The zero-order valence-corrected chi connectivity index (χ0v) is 8.15. The van der Waals surface area contributed by atoms with Gasteiger partial charge in [-0.2, -0.15) is 0 Å². The highest BCUT2D eigenvalue weighted by Crippen LogP contribution is 2.13. The topological polar surface area (TPSA) is 37.3 Å². The molecule has 0 aliphatic heterocycles. The summed E-state index contributed by atoms with van der Waals surface area (Å²) in [5.74, 6) is -1.02. The summed E-state index contributed by atoms with van der Waals surface area (Å²) in [5, 5.41) is 8.94. The van der Waals surface area contributed by atoms with E-state index in [9.17, 15) is 4.79 Å². The number of aliphatic carboxylic acids is 1. The first kappa shape index (κ1) is 10.8. The highest BCUT2D eigenvalue weighted by atomic mass is 16.4. The lowest BCUT2D eigenvalue weighted by molar-refractivity contribution is -0.141. The molecule has 0 aliphatic rings. The van der Waals surface area contributed by atoms with Crippen molar-refractivity contribution >= 4 is 5.97 Å². The van der Waals surface area contributed by atoms with Gasteiger partial charge in [0, 0.05) is 0 Å². The van der Waals surface area contributed by atoms with E-state index in [1.54, 1.807) is 0 Å². The van der Waals surface area contributed by atoms with E-state index in [4.69, 9.17) is 5.11 Å². The van der Waals surface area contributed by atoms with Gasteiger partial charge in [0.2, 0.25) is 0 Å². The molecule has 1 aromatic rings. The maximum Gasteiger partial charge on any atom is 0.306 e. The summed E-state index contributed by atoms with van der Waals surface area (Å²) in [6, 6.07) is 9.70. The lowest BCUT2D eigenvalue weighted by atomic mass is 9.95. The first-order chi connectivity index (χ1) is 6.74. The standard InChI is InChI=1S/C12H15O2/c1-2-6-11(12(13)14)9-10-7-4-3-5-8-10/h3-5,7-8,11H,1-2,6,9H2,(H,13,14). The molecule has 1 N–H and O–H groups in total. The normalized spacial score (nSPS) is 12.4. The lowest BCUT2D eigenvalue weighted by Crippen LogP contribution is -2.16. The van der Waals surface area contributed by atoms with E-state index in [0.29, 0.717) is 19.3 Å². The van der Waals surface area contributed by atoms with Crippen LogP contribution in [-0.4, -0.2) is 11.1 Å². The van der Waals surface area contributed by atoms with Gasteiger partial charge in [-0.1, -0.05) is 43.7 Å². The van der Waals surface area contributed by atoms with Crippen LogP contribution in [0.5, 0.6) is 0 Å². The molecule has 2 heteroatoms. The lowest BCUT2D eigenvalue weighted by Gasteiger charge is -2.10. The number of benzene rings is 1. The molecule has 1 rings (SSSR count). The van der Waals surface area contributed by atoms with Crippen molar-refractivity contribution in [1.82, 2.24) is 0 Å². The monoisotopic (exact) mass is 191 g/mol. The van der Waals surface area contributed by atoms with Crippen LogP contribution < -0.4 is 0 Å². The van der Waals surface area contributed by atoms with Crippen LogP contribution in [0.1, 0.15) is 18.4 Å². The van der Waals surface area contributed by atoms with Gasteiger partial charge in [0.05, 0.1) is 5.92 Å². The van der Waals surface area contributed by atoms with E-state index in [-0.39, 0.29) is 5.92 Å². The molecule has 75 valence electrons. The van der Waals surface area contributed by atoms with Crippen molar-refractivity contribution in [1.29, 1.82) is 0 Å². The molecule has 0 heterocycles. The Hall–Kier alpha value is -1.31. The second kappa shape index (κ2) is 5.43. The molecule has 1 aromatic carbocycles. The van der Waals surface area contributed by atoms with E-state index in [1.165, 1.54) is 0 Å². The summed E-state index contributed by atoms with van der Waals surface area (Å²) in [4.78, 5) is 10.9. The van der Waals surface area contributed by atoms with Gasteiger partial charge in [-0.15, -0.1) is 0 Å². The third-order valence-corrected chi connectivity index (χ3v) is 2.23.